The summed E-state index contributed by atoms with van der Waals surface area (Å²) in [5, 5.41) is 17.7. The SMILES string of the molecule is CCCNC(=O)N1CCCC(O)(c2ncc(-c3cc(C)cc(Nc4nccc(C(F)(F)F)n4)c3)s2)CC1. The normalized spacial score (nSPS) is 18.4. The van der Waals surface area contributed by atoms with Crippen molar-refractivity contribution in [2.75, 3.05) is 25.0 Å². The largest absolute Gasteiger partial charge is 0.433 e. The van der Waals surface area contributed by atoms with Crippen molar-refractivity contribution in [1.82, 2.24) is 25.2 Å². The van der Waals surface area contributed by atoms with Crippen LogP contribution in [0.15, 0.2) is 36.7 Å². The Morgan fingerprint density at radius 2 is 2.03 bits per heavy atom. The van der Waals surface area contributed by atoms with E-state index < -0.39 is 17.5 Å². The molecular formula is C25H29F3N6O2S. The number of nitrogens with one attached hydrogen (secondary N) is 2. The lowest BCUT2D eigenvalue weighted by Crippen LogP contribution is -2.41. The first-order valence-corrected chi connectivity index (χ1v) is 12.9. The number of halogens is 3. The monoisotopic (exact) mass is 534 g/mol. The Kier molecular flexibility index (Phi) is 7.98. The molecule has 1 saturated heterocycles. The number of benzene rings is 1. The minimum Gasteiger partial charge on any atom is -0.383 e. The number of aliphatic hydroxyl groups is 1. The van der Waals surface area contributed by atoms with Crippen molar-refractivity contribution in [3.63, 3.8) is 0 Å². The molecule has 0 bridgehead atoms. The number of nitrogens with zero attached hydrogens (tertiary/aromatic N) is 4. The maximum absolute atomic E-state index is 13.0. The molecule has 37 heavy (non-hydrogen) atoms. The third-order valence-corrected chi connectivity index (χ3v) is 7.33. The number of carbonyl (C=O) groups is 1. The van der Waals surface area contributed by atoms with Crippen LogP contribution in [-0.4, -0.2) is 50.6 Å². The van der Waals surface area contributed by atoms with Gasteiger partial charge in [-0.15, -0.1) is 11.3 Å². The lowest BCUT2D eigenvalue weighted by atomic mass is 9.96. The van der Waals surface area contributed by atoms with E-state index in [-0.39, 0.29) is 12.0 Å². The molecule has 198 valence electrons. The highest BCUT2D eigenvalue weighted by Gasteiger charge is 2.36. The molecule has 0 saturated carbocycles. The van der Waals surface area contributed by atoms with Crippen LogP contribution in [0.2, 0.25) is 0 Å². The predicted molar refractivity (Wildman–Crippen MR) is 136 cm³/mol. The summed E-state index contributed by atoms with van der Waals surface area (Å²) in [4.78, 5) is 26.9. The summed E-state index contributed by atoms with van der Waals surface area (Å²) >= 11 is 1.37. The van der Waals surface area contributed by atoms with Crippen molar-refractivity contribution < 1.29 is 23.1 Å². The number of urea groups is 1. The summed E-state index contributed by atoms with van der Waals surface area (Å²) in [5.74, 6) is -0.156. The van der Waals surface area contributed by atoms with Crippen molar-refractivity contribution in [2.24, 2.45) is 0 Å². The maximum Gasteiger partial charge on any atom is 0.433 e. The van der Waals surface area contributed by atoms with Crippen LogP contribution in [0.5, 0.6) is 0 Å². The second kappa shape index (κ2) is 11.0. The second-order valence-electron chi connectivity index (χ2n) is 9.11. The Balaban J connectivity index is 1.51. The number of amides is 2. The lowest BCUT2D eigenvalue weighted by Gasteiger charge is -2.24. The van der Waals surface area contributed by atoms with Crippen molar-refractivity contribution in [3.05, 3.63) is 52.9 Å². The zero-order chi connectivity index (χ0) is 26.6. The molecule has 1 aromatic carbocycles. The molecule has 8 nitrogen and oxygen atoms in total. The summed E-state index contributed by atoms with van der Waals surface area (Å²) < 4.78 is 39.0. The van der Waals surface area contributed by atoms with Crippen molar-refractivity contribution in [2.45, 2.75) is 51.3 Å². The summed E-state index contributed by atoms with van der Waals surface area (Å²) in [6.45, 7) is 5.48. The van der Waals surface area contributed by atoms with Crippen molar-refractivity contribution in [3.8, 4) is 10.4 Å². The van der Waals surface area contributed by atoms with Gasteiger partial charge in [-0.3, -0.25) is 0 Å². The van der Waals surface area contributed by atoms with Crippen LogP contribution in [0.3, 0.4) is 0 Å². The van der Waals surface area contributed by atoms with Crippen molar-refractivity contribution >= 4 is 29.0 Å². The maximum atomic E-state index is 13.0. The Hall–Kier alpha value is -3.25. The van der Waals surface area contributed by atoms with E-state index in [0.717, 1.165) is 34.7 Å². The van der Waals surface area contributed by atoms with E-state index in [0.29, 0.717) is 49.6 Å². The summed E-state index contributed by atoms with van der Waals surface area (Å²) in [6, 6.07) is 6.21. The van der Waals surface area contributed by atoms with E-state index in [1.165, 1.54) is 11.3 Å². The molecule has 1 aliphatic rings. The van der Waals surface area contributed by atoms with Gasteiger partial charge in [0.15, 0.2) is 0 Å². The van der Waals surface area contributed by atoms with Crippen LogP contribution in [0, 0.1) is 6.92 Å². The third kappa shape index (κ3) is 6.55. The number of rotatable bonds is 6. The third-order valence-electron chi connectivity index (χ3n) is 6.09. The molecule has 2 amide bonds. The fourth-order valence-electron chi connectivity index (χ4n) is 4.21. The Labute approximate surface area is 217 Å². The minimum atomic E-state index is -4.56. The molecule has 0 radical (unpaired) electrons. The Bertz CT molecular complexity index is 1250. The zero-order valence-electron chi connectivity index (χ0n) is 20.6. The number of hydrogen-bond acceptors (Lipinski definition) is 7. The first-order valence-electron chi connectivity index (χ1n) is 12.1. The van der Waals surface area contributed by atoms with Gasteiger partial charge in [0.25, 0.3) is 0 Å². The predicted octanol–water partition coefficient (Wildman–Crippen LogP) is 5.46. The van der Waals surface area contributed by atoms with Crippen LogP contribution < -0.4 is 10.6 Å². The number of hydrogen-bond donors (Lipinski definition) is 3. The average molecular weight is 535 g/mol. The molecule has 0 aliphatic carbocycles. The summed E-state index contributed by atoms with van der Waals surface area (Å²) in [5.41, 5.74) is 0.0496. The van der Waals surface area contributed by atoms with E-state index in [9.17, 15) is 23.1 Å². The highest BCUT2D eigenvalue weighted by atomic mass is 32.1. The van der Waals surface area contributed by atoms with Crippen LogP contribution in [0.4, 0.5) is 29.6 Å². The highest BCUT2D eigenvalue weighted by Crippen LogP contribution is 2.39. The Morgan fingerprint density at radius 3 is 2.78 bits per heavy atom. The number of aromatic nitrogens is 3. The van der Waals surface area contributed by atoms with Gasteiger partial charge in [-0.1, -0.05) is 13.0 Å². The molecule has 1 unspecified atom stereocenters. The van der Waals surface area contributed by atoms with E-state index in [1.54, 1.807) is 23.2 Å². The molecule has 3 N–H and O–H groups in total. The fourth-order valence-corrected chi connectivity index (χ4v) is 5.25. The molecule has 1 fully saturated rings. The molecule has 3 heterocycles. The molecular weight excluding hydrogens is 505 g/mol. The topological polar surface area (TPSA) is 103 Å². The molecule has 4 rings (SSSR count). The quantitative estimate of drug-likeness (QED) is 0.388. The van der Waals surface area contributed by atoms with E-state index in [4.69, 9.17) is 0 Å². The number of thiazole rings is 1. The lowest BCUT2D eigenvalue weighted by molar-refractivity contribution is -0.141. The minimum absolute atomic E-state index is 0.115. The average Bonchev–Trinajstić information content (AvgIpc) is 3.27. The smallest absolute Gasteiger partial charge is 0.383 e. The molecule has 2 aromatic heterocycles. The molecule has 0 spiro atoms. The van der Waals surface area contributed by atoms with E-state index >= 15 is 0 Å². The molecule has 12 heteroatoms. The van der Waals surface area contributed by atoms with Crippen molar-refractivity contribution in [1.29, 1.82) is 0 Å². The highest BCUT2D eigenvalue weighted by molar-refractivity contribution is 7.15. The summed E-state index contributed by atoms with van der Waals surface area (Å²) in [7, 11) is 0. The molecule has 3 aromatic rings. The van der Waals surface area contributed by atoms with Gasteiger partial charge in [-0.25, -0.2) is 19.7 Å². The Morgan fingerprint density at radius 1 is 1.22 bits per heavy atom. The van der Waals surface area contributed by atoms with E-state index in [2.05, 4.69) is 25.6 Å². The van der Waals surface area contributed by atoms with Gasteiger partial charge in [-0.2, -0.15) is 13.2 Å². The standard InChI is InChI=1S/C25H29F3N6O2S/c1-3-8-30-23(35)34-10-4-6-24(36,7-11-34)21-31-15-19(37-21)17-12-16(2)13-18(14-17)32-22-29-9-5-20(33-22)25(26,27)28/h5,9,12-15,36H,3-4,6-8,10-11H2,1-2H3,(H,30,35)(H,29,32,33). The number of anilines is 2. The molecule has 1 atom stereocenters. The van der Waals surface area contributed by atoms with Crippen LogP contribution >= 0.6 is 11.3 Å². The van der Waals surface area contributed by atoms with Crippen LogP contribution in [-0.2, 0) is 11.8 Å². The van der Waals surface area contributed by atoms with Gasteiger partial charge in [-0.05, 0) is 55.5 Å². The van der Waals surface area contributed by atoms with Gasteiger partial charge in [0.05, 0.1) is 4.88 Å². The first kappa shape index (κ1) is 26.8. The first-order chi connectivity index (χ1) is 17.6. The van der Waals surface area contributed by atoms with Gasteiger partial charge in [0.2, 0.25) is 5.95 Å². The van der Waals surface area contributed by atoms with Crippen LogP contribution in [0.25, 0.3) is 10.4 Å². The second-order valence-corrected chi connectivity index (χ2v) is 10.1. The number of carbonyl (C=O) groups excluding carboxylic acids is 1. The molecule has 1 aliphatic heterocycles. The van der Waals surface area contributed by atoms with Gasteiger partial charge >= 0.3 is 12.2 Å². The van der Waals surface area contributed by atoms with E-state index in [1.807, 2.05) is 19.9 Å². The van der Waals surface area contributed by atoms with Gasteiger partial charge < -0.3 is 20.6 Å². The number of aryl methyl sites for hydroxylation is 1. The van der Waals surface area contributed by atoms with Crippen LogP contribution in [0.1, 0.15) is 48.9 Å². The zero-order valence-corrected chi connectivity index (χ0v) is 21.4. The number of alkyl halides is 3. The fraction of sp³-hybridized carbons (Fsp3) is 0.440. The van der Waals surface area contributed by atoms with Gasteiger partial charge in [0, 0.05) is 44.1 Å². The van der Waals surface area contributed by atoms with Gasteiger partial charge in [0.1, 0.15) is 16.3 Å². The number of likely N-dealkylation sites (tertiary alicyclic amines) is 1. The summed E-state index contributed by atoms with van der Waals surface area (Å²) in [6.07, 6.45) is 0.568.